The van der Waals surface area contributed by atoms with E-state index in [0.717, 1.165) is 6.42 Å². The lowest BCUT2D eigenvalue weighted by Crippen LogP contribution is -1.99. The molecule has 318 valence electrons. The lowest BCUT2D eigenvalue weighted by atomic mass is 10.0. The van der Waals surface area contributed by atoms with Crippen LogP contribution in [0.2, 0.25) is 0 Å². The van der Waals surface area contributed by atoms with Crippen LogP contribution in [0.3, 0.4) is 0 Å². The van der Waals surface area contributed by atoms with E-state index in [2.05, 4.69) is 32.9 Å². The van der Waals surface area contributed by atoms with Crippen LogP contribution in [0.1, 0.15) is 307 Å². The monoisotopic (exact) mass is 752 g/mol. The zero-order valence-corrected chi connectivity index (χ0v) is 37.9. The van der Waals surface area contributed by atoms with Gasteiger partial charge in [-0.15, -0.1) is 0 Å². The van der Waals surface area contributed by atoms with Crippen LogP contribution in [-0.4, -0.2) is 4.98 Å². The second-order valence-corrected chi connectivity index (χ2v) is 18.0. The highest BCUT2D eigenvalue weighted by atomic mass is 14.7. The minimum atomic E-state index is 1.14. The Morgan fingerprint density at radius 3 is 0.630 bits per heavy atom. The maximum atomic E-state index is 5.13. The van der Waals surface area contributed by atoms with Gasteiger partial charge in [0.1, 0.15) is 0 Å². The summed E-state index contributed by atoms with van der Waals surface area (Å²) in [6.45, 7) is 6.93. The number of unbranched alkanes of at least 4 members (excludes halogenated alkanes) is 40. The van der Waals surface area contributed by atoms with Crippen molar-refractivity contribution in [2.24, 2.45) is 0 Å². The molecule has 1 aromatic heterocycles. The molecular weight excluding hydrogens is 651 g/mol. The lowest BCUT2D eigenvalue weighted by Gasteiger charge is -2.09. The van der Waals surface area contributed by atoms with Crippen LogP contribution < -0.4 is 0 Å². The average molecular weight is 752 g/mol. The first-order chi connectivity index (χ1) is 26.8. The molecule has 0 amide bonds. The molecular formula is C53H101N. The molecule has 1 heteroatoms. The fraction of sp³-hybridized carbons (Fsp3) is 0.906. The number of nitrogens with zero attached hydrogens (tertiary/aromatic N) is 1. The number of hydrogen-bond acceptors (Lipinski definition) is 1. The Bertz CT molecular complexity index is 779. The number of rotatable bonds is 45. The normalized spacial score (nSPS) is 11.6. The molecule has 0 N–H and O–H groups in total. The van der Waals surface area contributed by atoms with Gasteiger partial charge < -0.3 is 0 Å². The first kappa shape index (κ1) is 51.2. The third-order valence-corrected chi connectivity index (χ3v) is 12.5. The van der Waals surface area contributed by atoms with E-state index in [1.54, 1.807) is 0 Å². The molecule has 1 aromatic rings. The summed E-state index contributed by atoms with van der Waals surface area (Å²) >= 11 is 0. The molecule has 0 spiro atoms. The van der Waals surface area contributed by atoms with Gasteiger partial charge in [-0.1, -0.05) is 278 Å². The molecule has 0 aliphatic carbocycles. The second-order valence-electron chi connectivity index (χ2n) is 18.0. The third kappa shape index (κ3) is 36.8. The van der Waals surface area contributed by atoms with Crippen LogP contribution in [0.5, 0.6) is 0 Å². The summed E-state index contributed by atoms with van der Waals surface area (Å²) in [5.74, 6) is 0. The van der Waals surface area contributed by atoms with E-state index < -0.39 is 0 Å². The van der Waals surface area contributed by atoms with E-state index in [4.69, 9.17) is 4.98 Å². The Balaban J connectivity index is 1.89. The van der Waals surface area contributed by atoms with Crippen LogP contribution in [0.15, 0.2) is 12.1 Å². The third-order valence-electron chi connectivity index (χ3n) is 12.5. The van der Waals surface area contributed by atoms with Gasteiger partial charge in [0.2, 0.25) is 0 Å². The topological polar surface area (TPSA) is 12.9 Å². The molecule has 0 fully saturated rings. The quantitative estimate of drug-likeness (QED) is 0.0605. The van der Waals surface area contributed by atoms with Gasteiger partial charge in [-0.25, -0.2) is 0 Å². The van der Waals surface area contributed by atoms with Crippen LogP contribution in [-0.2, 0) is 19.3 Å². The van der Waals surface area contributed by atoms with E-state index in [1.807, 2.05) is 0 Å². The lowest BCUT2D eigenvalue weighted by molar-refractivity contribution is 0.520. The van der Waals surface area contributed by atoms with Crippen molar-refractivity contribution >= 4 is 0 Å². The molecule has 0 radical (unpaired) electrons. The first-order valence-electron chi connectivity index (χ1n) is 25.8. The molecule has 0 aliphatic heterocycles. The SMILES string of the molecule is CCCCCCCCCCCCCCCCCCCCCCCc1cc(CC)cc(CCCCCCCCCCCCCCCCCCCCCCC)n1. The Kier molecular flexibility index (Phi) is 41.0. The molecule has 54 heavy (non-hydrogen) atoms. The molecule has 0 atom stereocenters. The highest BCUT2D eigenvalue weighted by molar-refractivity contribution is 5.22. The van der Waals surface area contributed by atoms with Crippen molar-refractivity contribution in [3.63, 3.8) is 0 Å². The largest absolute Gasteiger partial charge is 0.258 e. The van der Waals surface area contributed by atoms with Crippen molar-refractivity contribution in [1.82, 2.24) is 4.98 Å². The highest BCUT2D eigenvalue weighted by Gasteiger charge is 2.04. The van der Waals surface area contributed by atoms with Gasteiger partial charge in [0.25, 0.3) is 0 Å². The fourth-order valence-electron chi connectivity index (χ4n) is 8.66. The minimum absolute atomic E-state index is 1.14. The zero-order chi connectivity index (χ0) is 38.7. The van der Waals surface area contributed by atoms with Crippen molar-refractivity contribution in [2.75, 3.05) is 0 Å². The smallest absolute Gasteiger partial charge is 0.0409 e. The summed E-state index contributed by atoms with van der Waals surface area (Å²) < 4.78 is 0. The zero-order valence-electron chi connectivity index (χ0n) is 37.9. The summed E-state index contributed by atoms with van der Waals surface area (Å²) in [5, 5.41) is 0. The summed E-state index contributed by atoms with van der Waals surface area (Å²) in [5.41, 5.74) is 4.23. The molecule has 0 unspecified atom stereocenters. The van der Waals surface area contributed by atoms with Gasteiger partial charge in [0, 0.05) is 11.4 Å². The van der Waals surface area contributed by atoms with E-state index in [0.29, 0.717) is 0 Å². The molecule has 0 aromatic carbocycles. The molecule has 0 saturated heterocycles. The molecule has 1 heterocycles. The molecule has 0 aliphatic rings. The van der Waals surface area contributed by atoms with Crippen LogP contribution in [0.4, 0.5) is 0 Å². The Morgan fingerprint density at radius 1 is 0.259 bits per heavy atom. The van der Waals surface area contributed by atoms with Crippen molar-refractivity contribution < 1.29 is 0 Å². The number of hydrogen-bond donors (Lipinski definition) is 0. The molecule has 1 nitrogen and oxygen atoms in total. The molecule has 0 bridgehead atoms. The van der Waals surface area contributed by atoms with Crippen molar-refractivity contribution in [2.45, 2.75) is 310 Å². The number of aryl methyl sites for hydroxylation is 3. The summed E-state index contributed by atoms with van der Waals surface area (Å²) in [6.07, 6.45) is 64.4. The van der Waals surface area contributed by atoms with Crippen molar-refractivity contribution in [3.8, 4) is 0 Å². The highest BCUT2D eigenvalue weighted by Crippen LogP contribution is 2.19. The van der Waals surface area contributed by atoms with Crippen LogP contribution in [0, 0.1) is 0 Å². The Morgan fingerprint density at radius 2 is 0.444 bits per heavy atom. The van der Waals surface area contributed by atoms with Crippen molar-refractivity contribution in [3.05, 3.63) is 29.1 Å². The van der Waals surface area contributed by atoms with Gasteiger partial charge in [0.05, 0.1) is 0 Å². The second kappa shape index (κ2) is 43.3. The summed E-state index contributed by atoms with van der Waals surface area (Å²) in [4.78, 5) is 5.13. The van der Waals surface area contributed by atoms with E-state index in [1.165, 1.54) is 299 Å². The Labute approximate surface area is 342 Å². The summed E-state index contributed by atoms with van der Waals surface area (Å²) in [7, 11) is 0. The maximum Gasteiger partial charge on any atom is 0.0409 e. The Hall–Kier alpha value is -0.850. The van der Waals surface area contributed by atoms with Crippen molar-refractivity contribution in [1.29, 1.82) is 0 Å². The predicted octanol–water partition coefficient (Wildman–Crippen LogP) is 19.2. The van der Waals surface area contributed by atoms with Gasteiger partial charge in [-0.05, 0) is 49.8 Å². The number of pyridine rings is 1. The van der Waals surface area contributed by atoms with Gasteiger partial charge in [0.15, 0.2) is 0 Å². The van der Waals surface area contributed by atoms with E-state index in [9.17, 15) is 0 Å². The predicted molar refractivity (Wildman–Crippen MR) is 246 cm³/mol. The van der Waals surface area contributed by atoms with Crippen LogP contribution in [0.25, 0.3) is 0 Å². The number of aromatic nitrogens is 1. The molecule has 1 rings (SSSR count). The van der Waals surface area contributed by atoms with Gasteiger partial charge >= 0.3 is 0 Å². The minimum Gasteiger partial charge on any atom is -0.258 e. The first-order valence-corrected chi connectivity index (χ1v) is 25.8. The van der Waals surface area contributed by atoms with E-state index in [-0.39, 0.29) is 0 Å². The van der Waals surface area contributed by atoms with Gasteiger partial charge in [-0.2, -0.15) is 0 Å². The van der Waals surface area contributed by atoms with Crippen LogP contribution >= 0.6 is 0 Å². The fourth-order valence-corrected chi connectivity index (χ4v) is 8.66. The average Bonchev–Trinajstić information content (AvgIpc) is 3.19. The maximum absolute atomic E-state index is 5.13. The standard InChI is InChI=1S/C53H101N/c1-4-7-9-11-13-15-17-19-21-23-25-27-29-31-33-35-37-39-41-43-45-47-52-49-51(6-3)50-53(54-52)48-46-44-42-40-38-36-34-32-30-28-26-24-22-20-18-16-14-12-10-8-5-2/h49-50H,4-48H2,1-3H3. The summed E-state index contributed by atoms with van der Waals surface area (Å²) in [6, 6.07) is 4.80. The molecule has 0 saturated carbocycles. The van der Waals surface area contributed by atoms with E-state index >= 15 is 0 Å². The van der Waals surface area contributed by atoms with Gasteiger partial charge in [-0.3, -0.25) is 4.98 Å².